The van der Waals surface area contributed by atoms with Crippen LogP contribution in [-0.4, -0.2) is 13.2 Å². The Bertz CT molecular complexity index is 589. The van der Waals surface area contributed by atoms with Crippen LogP contribution in [0.4, 0.5) is 5.69 Å². The normalized spacial score (nSPS) is 17.1. The smallest absolute Gasteiger partial charge is 0.145 e. The highest BCUT2D eigenvalue weighted by atomic mass is 16.5. The largest absolute Gasteiger partial charge is 0.493 e. The van der Waals surface area contributed by atoms with Gasteiger partial charge in [-0.15, -0.1) is 0 Å². The van der Waals surface area contributed by atoms with E-state index in [0.29, 0.717) is 18.2 Å². The van der Waals surface area contributed by atoms with Gasteiger partial charge in [0.15, 0.2) is 0 Å². The highest BCUT2D eigenvalue weighted by Gasteiger charge is 2.22. The van der Waals surface area contributed by atoms with E-state index in [1.807, 2.05) is 43.3 Å². The summed E-state index contributed by atoms with van der Waals surface area (Å²) >= 11 is 0. The average Bonchev–Trinajstić information content (AvgIpc) is 2.47. The van der Waals surface area contributed by atoms with Crippen molar-refractivity contribution in [3.8, 4) is 11.5 Å². The second kappa shape index (κ2) is 5.45. The van der Waals surface area contributed by atoms with Crippen LogP contribution >= 0.6 is 0 Å². The maximum Gasteiger partial charge on any atom is 0.145 e. The predicted octanol–water partition coefficient (Wildman–Crippen LogP) is 3.52. The van der Waals surface area contributed by atoms with Gasteiger partial charge < -0.3 is 15.2 Å². The predicted molar refractivity (Wildman–Crippen MR) is 80.4 cm³/mol. The molecule has 3 heteroatoms. The van der Waals surface area contributed by atoms with E-state index >= 15 is 0 Å². The first-order chi connectivity index (χ1) is 9.75. The molecule has 1 heterocycles. The zero-order valence-electron chi connectivity index (χ0n) is 11.6. The molecule has 0 fully saturated rings. The third kappa shape index (κ3) is 2.44. The monoisotopic (exact) mass is 269 g/mol. The van der Waals surface area contributed by atoms with E-state index in [1.54, 1.807) is 0 Å². The van der Waals surface area contributed by atoms with E-state index in [0.717, 1.165) is 30.1 Å². The summed E-state index contributed by atoms with van der Waals surface area (Å²) in [5, 5.41) is 0. The number of aryl methyl sites for hydroxylation is 1. The molecule has 2 N–H and O–H groups in total. The number of fused-ring (bicyclic) bond motifs is 1. The van der Waals surface area contributed by atoms with Crippen LogP contribution in [0.5, 0.6) is 11.5 Å². The van der Waals surface area contributed by atoms with Crippen LogP contribution in [0.15, 0.2) is 42.5 Å². The lowest BCUT2D eigenvalue weighted by Crippen LogP contribution is -2.20. The minimum absolute atomic E-state index is 0.360. The van der Waals surface area contributed by atoms with E-state index in [4.69, 9.17) is 15.2 Å². The van der Waals surface area contributed by atoms with Gasteiger partial charge in [0.2, 0.25) is 0 Å². The van der Waals surface area contributed by atoms with Crippen molar-refractivity contribution in [3.63, 3.8) is 0 Å². The number of para-hydroxylation sites is 2. The van der Waals surface area contributed by atoms with E-state index in [9.17, 15) is 0 Å². The summed E-state index contributed by atoms with van der Waals surface area (Å²) in [4.78, 5) is 0. The van der Waals surface area contributed by atoms with Gasteiger partial charge in [-0.1, -0.05) is 30.3 Å². The van der Waals surface area contributed by atoms with Gasteiger partial charge in [0.1, 0.15) is 11.5 Å². The fourth-order valence-corrected chi connectivity index (χ4v) is 2.65. The number of rotatable bonds is 3. The van der Waals surface area contributed by atoms with Crippen LogP contribution in [0.1, 0.15) is 23.5 Å². The summed E-state index contributed by atoms with van der Waals surface area (Å²) < 4.78 is 11.7. The lowest BCUT2D eigenvalue weighted by atomic mass is 9.94. The molecule has 20 heavy (non-hydrogen) atoms. The van der Waals surface area contributed by atoms with Crippen LogP contribution < -0.4 is 15.2 Å². The molecule has 0 amide bonds. The molecule has 1 unspecified atom stereocenters. The van der Waals surface area contributed by atoms with Gasteiger partial charge in [-0.05, 0) is 31.0 Å². The summed E-state index contributed by atoms with van der Waals surface area (Å²) in [6, 6.07) is 14.0. The fourth-order valence-electron chi connectivity index (χ4n) is 2.65. The molecule has 0 spiro atoms. The molecule has 104 valence electrons. The van der Waals surface area contributed by atoms with Gasteiger partial charge in [-0.25, -0.2) is 0 Å². The highest BCUT2D eigenvalue weighted by molar-refractivity contribution is 5.56. The zero-order valence-corrected chi connectivity index (χ0v) is 11.6. The molecule has 0 saturated carbocycles. The first kappa shape index (κ1) is 12.9. The van der Waals surface area contributed by atoms with Gasteiger partial charge in [0.05, 0.1) is 18.9 Å². The van der Waals surface area contributed by atoms with Gasteiger partial charge in [0.25, 0.3) is 0 Å². The second-order valence-corrected chi connectivity index (χ2v) is 5.18. The Hall–Kier alpha value is -2.16. The molecule has 1 aliphatic rings. The zero-order chi connectivity index (χ0) is 13.9. The topological polar surface area (TPSA) is 44.5 Å². The van der Waals surface area contributed by atoms with Crippen molar-refractivity contribution in [2.24, 2.45) is 0 Å². The summed E-state index contributed by atoms with van der Waals surface area (Å²) in [6.07, 6.45) is 0.975. The molecule has 0 bridgehead atoms. The molecule has 2 aromatic rings. The van der Waals surface area contributed by atoms with Crippen molar-refractivity contribution in [2.45, 2.75) is 19.3 Å². The quantitative estimate of drug-likeness (QED) is 0.867. The van der Waals surface area contributed by atoms with Crippen molar-refractivity contribution >= 4 is 5.69 Å². The Morgan fingerprint density at radius 2 is 2.05 bits per heavy atom. The van der Waals surface area contributed by atoms with Crippen molar-refractivity contribution in [2.75, 3.05) is 18.9 Å². The Morgan fingerprint density at radius 1 is 1.20 bits per heavy atom. The first-order valence-electron chi connectivity index (χ1n) is 6.95. The van der Waals surface area contributed by atoms with Crippen molar-refractivity contribution in [1.82, 2.24) is 0 Å². The summed E-state index contributed by atoms with van der Waals surface area (Å²) in [5.41, 5.74) is 8.98. The third-order valence-electron chi connectivity index (χ3n) is 3.75. The minimum atomic E-state index is 0.360. The maximum absolute atomic E-state index is 5.98. The molecule has 0 saturated heterocycles. The molecule has 0 aromatic heterocycles. The third-order valence-corrected chi connectivity index (χ3v) is 3.75. The SMILES string of the molecule is Cc1cccc(N)c1OCC1CCOc2ccccc21. The van der Waals surface area contributed by atoms with Crippen LogP contribution in [0.3, 0.4) is 0 Å². The number of hydrogen-bond donors (Lipinski definition) is 1. The molecule has 2 aromatic carbocycles. The molecular formula is C17H19NO2. The number of hydrogen-bond acceptors (Lipinski definition) is 3. The maximum atomic E-state index is 5.98. The van der Waals surface area contributed by atoms with Crippen LogP contribution in [0.25, 0.3) is 0 Å². The summed E-state index contributed by atoms with van der Waals surface area (Å²) in [7, 11) is 0. The van der Waals surface area contributed by atoms with Crippen molar-refractivity contribution in [1.29, 1.82) is 0 Å². The van der Waals surface area contributed by atoms with Gasteiger partial charge >= 0.3 is 0 Å². The highest BCUT2D eigenvalue weighted by Crippen LogP contribution is 2.34. The summed E-state index contributed by atoms with van der Waals surface area (Å²) in [5.74, 6) is 2.14. The van der Waals surface area contributed by atoms with E-state index < -0.39 is 0 Å². The molecule has 3 rings (SSSR count). The Labute approximate surface area is 119 Å². The lowest BCUT2D eigenvalue weighted by molar-refractivity contribution is 0.217. The summed E-state index contributed by atoms with van der Waals surface area (Å²) in [6.45, 7) is 3.40. The fraction of sp³-hybridized carbons (Fsp3) is 0.294. The number of benzene rings is 2. The Balaban J connectivity index is 1.77. The van der Waals surface area contributed by atoms with E-state index in [1.165, 1.54) is 5.56 Å². The average molecular weight is 269 g/mol. The van der Waals surface area contributed by atoms with E-state index in [2.05, 4.69) is 6.07 Å². The van der Waals surface area contributed by atoms with Gasteiger partial charge in [0, 0.05) is 11.5 Å². The molecule has 0 aliphatic carbocycles. The molecule has 1 aliphatic heterocycles. The lowest BCUT2D eigenvalue weighted by Gasteiger charge is -2.26. The number of anilines is 1. The number of nitrogen functional groups attached to an aromatic ring is 1. The Morgan fingerprint density at radius 3 is 2.90 bits per heavy atom. The first-order valence-corrected chi connectivity index (χ1v) is 6.95. The molecule has 1 atom stereocenters. The standard InChI is InChI=1S/C17H19NO2/c1-12-5-4-7-15(18)17(12)20-11-13-9-10-19-16-8-3-2-6-14(13)16/h2-8,13H,9-11,18H2,1H3. The van der Waals surface area contributed by atoms with Crippen LogP contribution in [-0.2, 0) is 0 Å². The van der Waals surface area contributed by atoms with E-state index in [-0.39, 0.29) is 0 Å². The number of ether oxygens (including phenoxy) is 2. The molecular weight excluding hydrogens is 250 g/mol. The van der Waals surface area contributed by atoms with Crippen molar-refractivity contribution < 1.29 is 9.47 Å². The van der Waals surface area contributed by atoms with Crippen LogP contribution in [0.2, 0.25) is 0 Å². The second-order valence-electron chi connectivity index (χ2n) is 5.18. The molecule has 0 radical (unpaired) electrons. The molecule has 3 nitrogen and oxygen atoms in total. The minimum Gasteiger partial charge on any atom is -0.493 e. The Kier molecular flexibility index (Phi) is 3.50. The van der Waals surface area contributed by atoms with Crippen molar-refractivity contribution in [3.05, 3.63) is 53.6 Å². The van der Waals surface area contributed by atoms with Gasteiger partial charge in [-0.2, -0.15) is 0 Å². The van der Waals surface area contributed by atoms with Crippen LogP contribution in [0, 0.1) is 6.92 Å². The number of nitrogens with two attached hydrogens (primary N) is 1. The van der Waals surface area contributed by atoms with Gasteiger partial charge in [-0.3, -0.25) is 0 Å².